The largest absolute Gasteiger partial charge is 0.409 e. The van der Waals surface area contributed by atoms with Crippen LogP contribution in [-0.4, -0.2) is 42.1 Å². The maximum absolute atomic E-state index is 11.8. The molecule has 0 rings (SSSR count). The number of amides is 1. The van der Waals surface area contributed by atoms with E-state index in [9.17, 15) is 13.6 Å². The molecule has 112 valence electrons. The van der Waals surface area contributed by atoms with Crippen LogP contribution in [0.4, 0.5) is 8.78 Å². The van der Waals surface area contributed by atoms with E-state index in [-0.39, 0.29) is 18.9 Å². The zero-order chi connectivity index (χ0) is 14.9. The third-order valence-electron chi connectivity index (χ3n) is 2.90. The summed E-state index contributed by atoms with van der Waals surface area (Å²) < 4.78 is 28.2. The molecular formula is C11H21F2N3O3. The summed E-state index contributed by atoms with van der Waals surface area (Å²) >= 11 is 0. The second-order valence-corrected chi connectivity index (χ2v) is 4.04. The maximum Gasteiger partial charge on any atom is 0.261 e. The van der Waals surface area contributed by atoms with Gasteiger partial charge in [-0.2, -0.15) is 0 Å². The third-order valence-corrected chi connectivity index (χ3v) is 2.90. The Kier molecular flexibility index (Phi) is 7.97. The highest BCUT2D eigenvalue weighted by atomic mass is 19.3. The topological polar surface area (TPSA) is 96.9 Å². The quantitative estimate of drug-likeness (QED) is 0.194. The van der Waals surface area contributed by atoms with E-state index < -0.39 is 24.5 Å². The number of carbonyl (C=O) groups excluding carboxylic acids is 1. The van der Waals surface area contributed by atoms with E-state index >= 15 is 0 Å². The average molecular weight is 281 g/mol. The first-order chi connectivity index (χ1) is 8.91. The summed E-state index contributed by atoms with van der Waals surface area (Å²) in [7, 11) is 0. The molecular weight excluding hydrogens is 260 g/mol. The van der Waals surface area contributed by atoms with Crippen molar-refractivity contribution in [1.29, 1.82) is 0 Å². The SMILES string of the molecule is CCC(CC)(NC(=O)CCOCC(F)F)C(N)=NO. The van der Waals surface area contributed by atoms with Gasteiger partial charge in [0.05, 0.1) is 6.61 Å². The van der Waals surface area contributed by atoms with E-state index in [0.717, 1.165) is 0 Å². The van der Waals surface area contributed by atoms with Gasteiger partial charge in [-0.25, -0.2) is 8.78 Å². The lowest BCUT2D eigenvalue weighted by molar-refractivity contribution is -0.123. The molecule has 0 fully saturated rings. The van der Waals surface area contributed by atoms with Crippen LogP contribution < -0.4 is 11.1 Å². The number of carbonyl (C=O) groups is 1. The lowest BCUT2D eigenvalue weighted by Gasteiger charge is -2.31. The van der Waals surface area contributed by atoms with Crippen LogP contribution in [-0.2, 0) is 9.53 Å². The van der Waals surface area contributed by atoms with Gasteiger partial charge in [-0.3, -0.25) is 4.79 Å². The number of amidine groups is 1. The molecule has 0 saturated carbocycles. The summed E-state index contributed by atoms with van der Waals surface area (Å²) in [4.78, 5) is 11.7. The molecule has 1 amide bonds. The van der Waals surface area contributed by atoms with E-state index in [1.807, 2.05) is 0 Å². The highest BCUT2D eigenvalue weighted by Crippen LogP contribution is 2.15. The van der Waals surface area contributed by atoms with Crippen LogP contribution in [0.5, 0.6) is 0 Å². The lowest BCUT2D eigenvalue weighted by Crippen LogP contribution is -2.57. The molecule has 0 aliphatic rings. The molecule has 0 spiro atoms. The minimum Gasteiger partial charge on any atom is -0.409 e. The fraction of sp³-hybridized carbons (Fsp3) is 0.818. The second-order valence-electron chi connectivity index (χ2n) is 4.04. The first-order valence-corrected chi connectivity index (χ1v) is 6.06. The van der Waals surface area contributed by atoms with Crippen LogP contribution in [0.2, 0.25) is 0 Å². The minimum atomic E-state index is -2.55. The summed E-state index contributed by atoms with van der Waals surface area (Å²) in [6, 6.07) is 0. The molecule has 0 aliphatic carbocycles. The van der Waals surface area contributed by atoms with Gasteiger partial charge in [-0.05, 0) is 12.8 Å². The molecule has 6 nitrogen and oxygen atoms in total. The Bertz CT molecular complexity index is 308. The van der Waals surface area contributed by atoms with Crippen LogP contribution in [0, 0.1) is 0 Å². The van der Waals surface area contributed by atoms with E-state index in [1.165, 1.54) is 0 Å². The van der Waals surface area contributed by atoms with Crippen molar-refractivity contribution in [3.05, 3.63) is 0 Å². The Labute approximate surface area is 111 Å². The number of ether oxygens (including phenoxy) is 1. The fourth-order valence-electron chi connectivity index (χ4n) is 1.62. The molecule has 0 saturated heterocycles. The molecule has 0 aromatic carbocycles. The summed E-state index contributed by atoms with van der Waals surface area (Å²) in [5.74, 6) is -0.482. The van der Waals surface area contributed by atoms with Gasteiger partial charge in [0, 0.05) is 6.42 Å². The zero-order valence-electron chi connectivity index (χ0n) is 11.2. The number of alkyl halides is 2. The van der Waals surface area contributed by atoms with E-state index in [1.54, 1.807) is 13.8 Å². The van der Waals surface area contributed by atoms with Crippen molar-refractivity contribution in [3.63, 3.8) is 0 Å². The van der Waals surface area contributed by atoms with Crippen molar-refractivity contribution in [2.45, 2.75) is 45.1 Å². The summed E-state index contributed by atoms with van der Waals surface area (Å²) in [6.07, 6.45) is -1.72. The lowest BCUT2D eigenvalue weighted by atomic mass is 9.91. The third kappa shape index (κ3) is 5.82. The first-order valence-electron chi connectivity index (χ1n) is 6.06. The molecule has 0 aliphatic heterocycles. The minimum absolute atomic E-state index is 0.0623. The Morgan fingerprint density at radius 3 is 2.47 bits per heavy atom. The summed E-state index contributed by atoms with van der Waals surface area (Å²) in [5, 5.41) is 14.3. The molecule has 0 aromatic heterocycles. The number of halogens is 2. The summed E-state index contributed by atoms with van der Waals surface area (Å²) in [5.41, 5.74) is 4.65. The van der Waals surface area contributed by atoms with Crippen LogP contribution in [0.15, 0.2) is 5.16 Å². The average Bonchev–Trinajstić information content (AvgIpc) is 2.40. The van der Waals surface area contributed by atoms with Crippen LogP contribution in [0.1, 0.15) is 33.1 Å². The van der Waals surface area contributed by atoms with Gasteiger partial charge >= 0.3 is 0 Å². The van der Waals surface area contributed by atoms with Gasteiger partial charge in [-0.1, -0.05) is 19.0 Å². The number of nitrogens with one attached hydrogen (secondary N) is 1. The first kappa shape index (κ1) is 17.6. The molecule has 0 atom stereocenters. The van der Waals surface area contributed by atoms with Crippen molar-refractivity contribution in [3.8, 4) is 0 Å². The maximum atomic E-state index is 11.8. The van der Waals surface area contributed by atoms with Gasteiger partial charge < -0.3 is 21.0 Å². The standard InChI is InChI=1S/C11H21F2N3O3/c1-3-11(4-2,10(14)16-18)15-9(17)5-6-19-7-8(12)13/h8,18H,3-7H2,1-2H3,(H2,14,16)(H,15,17). The molecule has 8 heteroatoms. The molecule has 0 unspecified atom stereocenters. The Morgan fingerprint density at radius 2 is 2.05 bits per heavy atom. The van der Waals surface area contributed by atoms with Gasteiger partial charge in [0.15, 0.2) is 5.84 Å². The van der Waals surface area contributed by atoms with E-state index in [2.05, 4.69) is 15.2 Å². The highest BCUT2D eigenvalue weighted by Gasteiger charge is 2.32. The molecule has 0 aromatic rings. The molecule has 19 heavy (non-hydrogen) atoms. The number of hydrogen-bond donors (Lipinski definition) is 3. The smallest absolute Gasteiger partial charge is 0.261 e. The van der Waals surface area contributed by atoms with Crippen molar-refractivity contribution < 1.29 is 23.5 Å². The van der Waals surface area contributed by atoms with Crippen molar-refractivity contribution in [1.82, 2.24) is 5.32 Å². The molecule has 4 N–H and O–H groups in total. The molecule has 0 bridgehead atoms. The van der Waals surface area contributed by atoms with Crippen LogP contribution >= 0.6 is 0 Å². The van der Waals surface area contributed by atoms with Gasteiger partial charge in [0.1, 0.15) is 12.1 Å². The Hall–Kier alpha value is -1.44. The van der Waals surface area contributed by atoms with Crippen molar-refractivity contribution in [2.75, 3.05) is 13.2 Å². The van der Waals surface area contributed by atoms with Gasteiger partial charge in [0.2, 0.25) is 5.91 Å². The zero-order valence-corrected chi connectivity index (χ0v) is 11.2. The van der Waals surface area contributed by atoms with E-state index in [4.69, 9.17) is 10.9 Å². The molecule has 0 radical (unpaired) electrons. The van der Waals surface area contributed by atoms with Crippen molar-refractivity contribution >= 4 is 11.7 Å². The van der Waals surface area contributed by atoms with Gasteiger partial charge in [0.25, 0.3) is 6.43 Å². The molecule has 0 heterocycles. The highest BCUT2D eigenvalue weighted by molar-refractivity contribution is 5.93. The van der Waals surface area contributed by atoms with Crippen LogP contribution in [0.3, 0.4) is 0 Å². The van der Waals surface area contributed by atoms with Gasteiger partial charge in [-0.15, -0.1) is 0 Å². The second kappa shape index (κ2) is 8.63. The predicted octanol–water partition coefficient (Wildman–Crippen LogP) is 1.08. The Balaban J connectivity index is 4.34. The summed E-state index contributed by atoms with van der Waals surface area (Å²) in [6.45, 7) is 2.78. The van der Waals surface area contributed by atoms with E-state index in [0.29, 0.717) is 12.8 Å². The number of nitrogens with zero attached hydrogens (tertiary/aromatic N) is 1. The predicted molar refractivity (Wildman–Crippen MR) is 66.3 cm³/mol. The Morgan fingerprint density at radius 1 is 1.47 bits per heavy atom. The van der Waals surface area contributed by atoms with Crippen LogP contribution in [0.25, 0.3) is 0 Å². The number of nitrogens with two attached hydrogens (primary N) is 1. The monoisotopic (exact) mass is 281 g/mol. The van der Waals surface area contributed by atoms with Crippen molar-refractivity contribution in [2.24, 2.45) is 10.9 Å². The number of oxime groups is 1. The number of hydrogen-bond acceptors (Lipinski definition) is 4. The normalized spacial score (nSPS) is 12.8. The number of rotatable bonds is 9. The fourth-order valence-corrected chi connectivity index (χ4v) is 1.62.